The minimum absolute atomic E-state index is 0.0520. The minimum Gasteiger partial charge on any atom is -0.493 e. The van der Waals surface area contributed by atoms with Crippen molar-refractivity contribution in [3.05, 3.63) is 42.2 Å². The average molecular weight is 357 g/mol. The molecule has 2 heterocycles. The molecule has 3 rings (SSSR count). The van der Waals surface area contributed by atoms with Crippen LogP contribution in [0, 0.1) is 5.92 Å². The summed E-state index contributed by atoms with van der Waals surface area (Å²) in [6.07, 6.45) is 3.72. The number of hydrogen-bond donors (Lipinski definition) is 0. The zero-order chi connectivity index (χ0) is 18.5. The lowest BCUT2D eigenvalue weighted by Gasteiger charge is -2.30. The summed E-state index contributed by atoms with van der Waals surface area (Å²) in [7, 11) is 1.46. The largest absolute Gasteiger partial charge is 0.493 e. The molecule has 1 atom stereocenters. The van der Waals surface area contributed by atoms with E-state index in [-0.39, 0.29) is 18.2 Å². The molecule has 0 spiro atoms. The molecule has 26 heavy (non-hydrogen) atoms. The van der Waals surface area contributed by atoms with Gasteiger partial charge in [-0.15, -0.1) is 0 Å². The van der Waals surface area contributed by atoms with Crippen LogP contribution in [0.3, 0.4) is 0 Å². The van der Waals surface area contributed by atoms with Crippen molar-refractivity contribution >= 4 is 11.9 Å². The smallest absolute Gasteiger partial charge is 0.363 e. The molecule has 0 bridgehead atoms. The highest BCUT2D eigenvalue weighted by molar-refractivity contribution is 5.92. The molecule has 1 amide bonds. The van der Waals surface area contributed by atoms with Crippen LogP contribution >= 0.6 is 0 Å². The zero-order valence-electron chi connectivity index (χ0n) is 15.1. The maximum Gasteiger partial charge on any atom is 0.363 e. The van der Waals surface area contributed by atoms with E-state index in [0.29, 0.717) is 24.8 Å². The number of para-hydroxylation sites is 1. The molecule has 0 radical (unpaired) electrons. The number of piperidine rings is 1. The van der Waals surface area contributed by atoms with Gasteiger partial charge >= 0.3 is 5.97 Å². The Bertz CT molecular complexity index is 772. The lowest BCUT2D eigenvalue weighted by Crippen LogP contribution is -2.41. The quantitative estimate of drug-likeness (QED) is 0.768. The Morgan fingerprint density at radius 2 is 2.04 bits per heavy atom. The van der Waals surface area contributed by atoms with E-state index in [1.807, 2.05) is 30.3 Å². The van der Waals surface area contributed by atoms with E-state index in [4.69, 9.17) is 9.47 Å². The molecule has 1 unspecified atom stereocenters. The zero-order valence-corrected chi connectivity index (χ0v) is 15.1. The second kappa shape index (κ2) is 8.03. The molecule has 0 N–H and O–H groups in total. The standard InChI is InChI=1S/C19H23N3O4/c1-14-7-6-10-21(11-14)17(23)13-26-19(24)18-16(25-2)12-22(20-18)15-8-4-3-5-9-15/h3-5,8-9,12,14H,6-7,10-11,13H2,1-2H3. The maximum absolute atomic E-state index is 12.4. The van der Waals surface area contributed by atoms with Crippen molar-refractivity contribution in [2.45, 2.75) is 19.8 Å². The topological polar surface area (TPSA) is 73.7 Å². The van der Waals surface area contributed by atoms with Crippen molar-refractivity contribution in [3.8, 4) is 11.4 Å². The maximum atomic E-state index is 12.4. The number of amides is 1. The molecular formula is C19H23N3O4. The third kappa shape index (κ3) is 4.04. The van der Waals surface area contributed by atoms with E-state index in [1.54, 1.807) is 15.8 Å². The van der Waals surface area contributed by atoms with Gasteiger partial charge in [0.15, 0.2) is 12.4 Å². The highest BCUT2D eigenvalue weighted by Crippen LogP contribution is 2.20. The van der Waals surface area contributed by atoms with Crippen LogP contribution in [0.15, 0.2) is 36.5 Å². The predicted molar refractivity (Wildman–Crippen MR) is 95.4 cm³/mol. The fourth-order valence-electron chi connectivity index (χ4n) is 3.06. The molecular weight excluding hydrogens is 334 g/mol. The second-order valence-electron chi connectivity index (χ2n) is 6.49. The van der Waals surface area contributed by atoms with Crippen LogP contribution in [0.25, 0.3) is 5.69 Å². The Morgan fingerprint density at radius 3 is 2.73 bits per heavy atom. The first-order chi connectivity index (χ1) is 12.6. The lowest BCUT2D eigenvalue weighted by atomic mass is 10.0. The number of ether oxygens (including phenoxy) is 2. The third-order valence-corrected chi connectivity index (χ3v) is 4.45. The second-order valence-corrected chi connectivity index (χ2v) is 6.49. The molecule has 1 aliphatic heterocycles. The Balaban J connectivity index is 1.66. The molecule has 1 aromatic heterocycles. The number of likely N-dealkylation sites (tertiary alicyclic amines) is 1. The van der Waals surface area contributed by atoms with Crippen molar-refractivity contribution < 1.29 is 19.1 Å². The van der Waals surface area contributed by atoms with Crippen molar-refractivity contribution in [3.63, 3.8) is 0 Å². The molecule has 7 nitrogen and oxygen atoms in total. The van der Waals surface area contributed by atoms with Gasteiger partial charge in [-0.25, -0.2) is 9.48 Å². The molecule has 0 aliphatic carbocycles. The molecule has 1 saturated heterocycles. The van der Waals surface area contributed by atoms with E-state index in [1.165, 1.54) is 7.11 Å². The number of nitrogens with zero attached hydrogens (tertiary/aromatic N) is 3. The molecule has 138 valence electrons. The van der Waals surface area contributed by atoms with Crippen LogP contribution in [-0.2, 0) is 9.53 Å². The van der Waals surface area contributed by atoms with Crippen molar-refractivity contribution in [1.82, 2.24) is 14.7 Å². The number of hydrogen-bond acceptors (Lipinski definition) is 5. The molecule has 0 saturated carbocycles. The molecule has 1 fully saturated rings. The molecule has 2 aromatic rings. The monoisotopic (exact) mass is 357 g/mol. The highest BCUT2D eigenvalue weighted by Gasteiger charge is 2.24. The first-order valence-electron chi connectivity index (χ1n) is 8.72. The number of methoxy groups -OCH3 is 1. The summed E-state index contributed by atoms with van der Waals surface area (Å²) in [5, 5.41) is 4.25. The van der Waals surface area contributed by atoms with Crippen molar-refractivity contribution in [2.75, 3.05) is 26.8 Å². The number of esters is 1. The first-order valence-corrected chi connectivity index (χ1v) is 8.72. The van der Waals surface area contributed by atoms with Gasteiger partial charge in [-0.3, -0.25) is 4.79 Å². The summed E-state index contributed by atoms with van der Waals surface area (Å²) < 4.78 is 12.0. The van der Waals surface area contributed by atoms with Crippen LogP contribution in [0.5, 0.6) is 5.75 Å². The van der Waals surface area contributed by atoms with Crippen molar-refractivity contribution in [1.29, 1.82) is 0 Å². The SMILES string of the molecule is COc1cn(-c2ccccc2)nc1C(=O)OCC(=O)N1CCCC(C)C1. The van der Waals surface area contributed by atoms with Crippen LogP contribution in [0.1, 0.15) is 30.3 Å². The third-order valence-electron chi connectivity index (χ3n) is 4.45. The van der Waals surface area contributed by atoms with Gasteiger partial charge in [-0.05, 0) is 30.9 Å². The van der Waals surface area contributed by atoms with Gasteiger partial charge in [0.05, 0.1) is 19.0 Å². The van der Waals surface area contributed by atoms with Gasteiger partial charge in [0.2, 0.25) is 5.69 Å². The Labute approximate surface area is 152 Å². The van der Waals surface area contributed by atoms with Crippen LogP contribution in [0.2, 0.25) is 0 Å². The van der Waals surface area contributed by atoms with E-state index >= 15 is 0 Å². The summed E-state index contributed by atoms with van der Waals surface area (Å²) >= 11 is 0. The Morgan fingerprint density at radius 1 is 1.27 bits per heavy atom. The minimum atomic E-state index is -0.671. The fourth-order valence-corrected chi connectivity index (χ4v) is 3.06. The average Bonchev–Trinajstić information content (AvgIpc) is 3.11. The normalized spacial score (nSPS) is 17.0. The van der Waals surface area contributed by atoms with E-state index < -0.39 is 5.97 Å². The number of carbonyl (C=O) groups excluding carboxylic acids is 2. The van der Waals surface area contributed by atoms with Gasteiger partial charge in [0, 0.05) is 13.1 Å². The Hall–Kier alpha value is -2.83. The number of carbonyl (C=O) groups is 2. The van der Waals surface area contributed by atoms with Gasteiger partial charge in [0.1, 0.15) is 0 Å². The van der Waals surface area contributed by atoms with E-state index in [0.717, 1.165) is 18.5 Å². The van der Waals surface area contributed by atoms with Crippen LogP contribution in [0.4, 0.5) is 0 Å². The fraction of sp³-hybridized carbons (Fsp3) is 0.421. The number of rotatable bonds is 5. The van der Waals surface area contributed by atoms with Gasteiger partial charge < -0.3 is 14.4 Å². The van der Waals surface area contributed by atoms with Crippen LogP contribution in [-0.4, -0.2) is 53.4 Å². The molecule has 1 aromatic carbocycles. The first kappa shape index (κ1) is 18.0. The van der Waals surface area contributed by atoms with Gasteiger partial charge in [-0.1, -0.05) is 25.1 Å². The molecule has 1 aliphatic rings. The number of benzene rings is 1. The summed E-state index contributed by atoms with van der Waals surface area (Å²) in [5.74, 6) is -0.0655. The summed E-state index contributed by atoms with van der Waals surface area (Å²) in [6.45, 7) is 3.26. The predicted octanol–water partition coefficient (Wildman–Crippen LogP) is 2.30. The lowest BCUT2D eigenvalue weighted by molar-refractivity contribution is -0.136. The van der Waals surface area contributed by atoms with E-state index in [2.05, 4.69) is 12.0 Å². The Kier molecular flexibility index (Phi) is 5.55. The molecule has 7 heteroatoms. The highest BCUT2D eigenvalue weighted by atomic mass is 16.5. The number of aromatic nitrogens is 2. The summed E-state index contributed by atoms with van der Waals surface area (Å²) in [5.41, 5.74) is 0.847. The van der Waals surface area contributed by atoms with Crippen LogP contribution < -0.4 is 4.74 Å². The van der Waals surface area contributed by atoms with Gasteiger partial charge in [0.25, 0.3) is 5.91 Å². The van der Waals surface area contributed by atoms with E-state index in [9.17, 15) is 9.59 Å². The van der Waals surface area contributed by atoms with Gasteiger partial charge in [-0.2, -0.15) is 5.10 Å². The summed E-state index contributed by atoms with van der Waals surface area (Å²) in [4.78, 5) is 26.4. The van der Waals surface area contributed by atoms with Crippen molar-refractivity contribution in [2.24, 2.45) is 5.92 Å². The summed E-state index contributed by atoms with van der Waals surface area (Å²) in [6, 6.07) is 9.37.